The first-order valence-corrected chi connectivity index (χ1v) is 6.66. The summed E-state index contributed by atoms with van der Waals surface area (Å²) in [6.45, 7) is 1.73. The van der Waals surface area contributed by atoms with Crippen molar-refractivity contribution >= 4 is 5.97 Å². The minimum Gasteiger partial charge on any atom is -0.469 e. The van der Waals surface area contributed by atoms with Gasteiger partial charge in [0.1, 0.15) is 17.1 Å². The second-order valence-electron chi connectivity index (χ2n) is 4.67. The van der Waals surface area contributed by atoms with Gasteiger partial charge in [-0.3, -0.25) is 0 Å². The van der Waals surface area contributed by atoms with Gasteiger partial charge in [-0.05, 0) is 36.2 Å². The Labute approximate surface area is 122 Å². The summed E-state index contributed by atoms with van der Waals surface area (Å²) < 4.78 is 10.4. The molecule has 1 aromatic heterocycles. The lowest BCUT2D eigenvalue weighted by atomic mass is 10.1. The molecule has 0 radical (unpaired) electrons. The van der Waals surface area contributed by atoms with Gasteiger partial charge in [-0.25, -0.2) is 4.79 Å². The largest absolute Gasteiger partial charge is 0.469 e. The highest BCUT2D eigenvalue weighted by molar-refractivity contribution is 5.92. The molecule has 0 spiro atoms. The average Bonchev–Trinajstić information content (AvgIpc) is 2.95. The molecular weight excluding hydrogens is 264 g/mol. The average molecular weight is 278 g/mol. The van der Waals surface area contributed by atoms with E-state index in [1.807, 2.05) is 42.5 Å². The Bertz CT molecular complexity index is 740. The van der Waals surface area contributed by atoms with Crippen LogP contribution in [0.4, 0.5) is 0 Å². The lowest BCUT2D eigenvalue weighted by Gasteiger charge is -2.05. The van der Waals surface area contributed by atoms with Gasteiger partial charge in [-0.1, -0.05) is 42.5 Å². The molecular formula is C18H14O3. The molecule has 3 nitrogen and oxygen atoms in total. The molecule has 0 saturated heterocycles. The monoisotopic (exact) mass is 278 g/mol. The first kappa shape index (κ1) is 13.2. The van der Waals surface area contributed by atoms with Gasteiger partial charge in [0, 0.05) is 0 Å². The number of carbonyl (C=O) groups excluding carboxylic acids is 1. The van der Waals surface area contributed by atoms with Crippen LogP contribution in [-0.4, -0.2) is 5.97 Å². The Morgan fingerprint density at radius 3 is 2.19 bits per heavy atom. The molecule has 0 saturated carbocycles. The van der Waals surface area contributed by atoms with Gasteiger partial charge in [0.25, 0.3) is 0 Å². The summed E-state index contributed by atoms with van der Waals surface area (Å²) in [4.78, 5) is 12.0. The van der Waals surface area contributed by atoms with E-state index in [2.05, 4.69) is 0 Å². The van der Waals surface area contributed by atoms with Gasteiger partial charge in [-0.2, -0.15) is 0 Å². The summed E-state index contributed by atoms with van der Waals surface area (Å²) in [5.74, 6) is 0.662. The zero-order chi connectivity index (χ0) is 14.7. The lowest BCUT2D eigenvalue weighted by Crippen LogP contribution is -2.08. The molecule has 104 valence electrons. The summed E-state index contributed by atoms with van der Waals surface area (Å²) in [6, 6.07) is 19.1. The minimum atomic E-state index is -0.409. The maximum atomic E-state index is 12.0. The van der Waals surface area contributed by atoms with Crippen molar-refractivity contribution in [3.05, 3.63) is 78.3 Å². The second kappa shape index (κ2) is 5.67. The van der Waals surface area contributed by atoms with Crippen molar-refractivity contribution in [3.63, 3.8) is 0 Å². The normalized spacial score (nSPS) is 10.3. The van der Waals surface area contributed by atoms with Crippen molar-refractivity contribution in [2.24, 2.45) is 0 Å². The van der Waals surface area contributed by atoms with Crippen molar-refractivity contribution in [2.75, 3.05) is 0 Å². The number of ether oxygens (including phenoxy) is 1. The zero-order valence-corrected chi connectivity index (χ0v) is 11.6. The van der Waals surface area contributed by atoms with E-state index in [0.29, 0.717) is 17.1 Å². The summed E-state index contributed by atoms with van der Waals surface area (Å²) in [7, 11) is 0. The Morgan fingerprint density at radius 1 is 0.905 bits per heavy atom. The van der Waals surface area contributed by atoms with Crippen molar-refractivity contribution in [1.82, 2.24) is 0 Å². The van der Waals surface area contributed by atoms with Crippen LogP contribution in [0.1, 0.15) is 16.1 Å². The molecule has 0 atom stereocenters. The van der Waals surface area contributed by atoms with Crippen LogP contribution in [-0.2, 0) is 0 Å². The SMILES string of the molecule is Cc1occc1C(=O)Oc1ccc(-c2ccccc2)cc1. The van der Waals surface area contributed by atoms with E-state index in [9.17, 15) is 4.79 Å². The molecule has 0 amide bonds. The van der Waals surface area contributed by atoms with E-state index >= 15 is 0 Å². The molecule has 0 aliphatic carbocycles. The molecule has 3 heteroatoms. The Morgan fingerprint density at radius 2 is 1.57 bits per heavy atom. The number of aryl methyl sites for hydroxylation is 1. The summed E-state index contributed by atoms with van der Waals surface area (Å²) >= 11 is 0. The molecule has 3 aromatic rings. The van der Waals surface area contributed by atoms with E-state index in [1.54, 1.807) is 25.1 Å². The second-order valence-corrected chi connectivity index (χ2v) is 4.67. The van der Waals surface area contributed by atoms with Crippen LogP contribution in [0.5, 0.6) is 5.75 Å². The number of hydrogen-bond acceptors (Lipinski definition) is 3. The predicted molar refractivity (Wildman–Crippen MR) is 80.3 cm³/mol. The maximum absolute atomic E-state index is 12.0. The van der Waals surface area contributed by atoms with Gasteiger partial charge >= 0.3 is 5.97 Å². The third-order valence-electron chi connectivity index (χ3n) is 3.25. The van der Waals surface area contributed by atoms with E-state index in [4.69, 9.17) is 9.15 Å². The predicted octanol–water partition coefficient (Wildman–Crippen LogP) is 4.47. The Kier molecular flexibility index (Phi) is 3.56. The number of carbonyl (C=O) groups is 1. The summed E-state index contributed by atoms with van der Waals surface area (Å²) in [5.41, 5.74) is 2.65. The molecule has 1 heterocycles. The van der Waals surface area contributed by atoms with E-state index in [0.717, 1.165) is 11.1 Å². The topological polar surface area (TPSA) is 39.4 Å². The zero-order valence-electron chi connectivity index (χ0n) is 11.6. The van der Waals surface area contributed by atoms with Crippen LogP contribution in [0.25, 0.3) is 11.1 Å². The fourth-order valence-corrected chi connectivity index (χ4v) is 2.10. The fraction of sp³-hybridized carbons (Fsp3) is 0.0556. The van der Waals surface area contributed by atoms with Gasteiger partial charge in [0.05, 0.1) is 6.26 Å². The number of rotatable bonds is 3. The van der Waals surface area contributed by atoms with Crippen molar-refractivity contribution < 1.29 is 13.9 Å². The number of furan rings is 1. The van der Waals surface area contributed by atoms with Crippen molar-refractivity contribution in [2.45, 2.75) is 6.92 Å². The van der Waals surface area contributed by atoms with E-state index in [1.165, 1.54) is 6.26 Å². The standard InChI is InChI=1S/C18H14O3/c1-13-17(11-12-20-13)18(19)21-16-9-7-15(8-10-16)14-5-3-2-4-6-14/h2-12H,1H3. The number of esters is 1. The van der Waals surface area contributed by atoms with Gasteiger partial charge in [0.15, 0.2) is 0 Å². The first-order valence-electron chi connectivity index (χ1n) is 6.66. The molecule has 0 N–H and O–H groups in total. The van der Waals surface area contributed by atoms with Crippen LogP contribution in [0.15, 0.2) is 71.3 Å². The van der Waals surface area contributed by atoms with Crippen LogP contribution >= 0.6 is 0 Å². The Balaban J connectivity index is 1.76. The minimum absolute atomic E-state index is 0.409. The van der Waals surface area contributed by atoms with Crippen LogP contribution in [0.3, 0.4) is 0 Å². The van der Waals surface area contributed by atoms with Gasteiger partial charge < -0.3 is 9.15 Å². The van der Waals surface area contributed by atoms with Crippen LogP contribution in [0.2, 0.25) is 0 Å². The molecule has 3 rings (SSSR count). The highest BCUT2D eigenvalue weighted by Crippen LogP contribution is 2.23. The smallest absolute Gasteiger partial charge is 0.347 e. The molecule has 21 heavy (non-hydrogen) atoms. The van der Waals surface area contributed by atoms with E-state index < -0.39 is 5.97 Å². The fourth-order valence-electron chi connectivity index (χ4n) is 2.10. The Hall–Kier alpha value is -2.81. The lowest BCUT2D eigenvalue weighted by molar-refractivity contribution is 0.0733. The third-order valence-corrected chi connectivity index (χ3v) is 3.25. The van der Waals surface area contributed by atoms with Gasteiger partial charge in [0.2, 0.25) is 0 Å². The van der Waals surface area contributed by atoms with E-state index in [-0.39, 0.29) is 0 Å². The maximum Gasteiger partial charge on any atom is 0.347 e. The van der Waals surface area contributed by atoms with Gasteiger partial charge in [-0.15, -0.1) is 0 Å². The molecule has 0 aliphatic rings. The van der Waals surface area contributed by atoms with Crippen LogP contribution in [0, 0.1) is 6.92 Å². The van der Waals surface area contributed by atoms with Crippen molar-refractivity contribution in [3.8, 4) is 16.9 Å². The van der Waals surface area contributed by atoms with Crippen molar-refractivity contribution in [1.29, 1.82) is 0 Å². The summed E-state index contributed by atoms with van der Waals surface area (Å²) in [5, 5.41) is 0. The molecule has 0 bridgehead atoms. The molecule has 0 unspecified atom stereocenters. The number of hydrogen-bond donors (Lipinski definition) is 0. The molecule has 2 aromatic carbocycles. The van der Waals surface area contributed by atoms with Crippen LogP contribution < -0.4 is 4.74 Å². The molecule has 0 fully saturated rings. The first-order chi connectivity index (χ1) is 10.2. The quantitative estimate of drug-likeness (QED) is 0.524. The third kappa shape index (κ3) is 2.87. The number of benzene rings is 2. The molecule has 0 aliphatic heterocycles. The summed E-state index contributed by atoms with van der Waals surface area (Å²) in [6.07, 6.45) is 1.48. The highest BCUT2D eigenvalue weighted by Gasteiger charge is 2.13. The highest BCUT2D eigenvalue weighted by atomic mass is 16.5.